The van der Waals surface area contributed by atoms with Crippen LogP contribution >= 0.6 is 0 Å². The molecule has 1 aliphatic heterocycles. The van der Waals surface area contributed by atoms with E-state index in [1.165, 1.54) is 6.07 Å². The Labute approximate surface area is 115 Å². The minimum atomic E-state index is -0.602. The van der Waals surface area contributed by atoms with Gasteiger partial charge in [-0.3, -0.25) is 20.4 Å². The Morgan fingerprint density at radius 2 is 2.10 bits per heavy atom. The quantitative estimate of drug-likeness (QED) is 0.720. The summed E-state index contributed by atoms with van der Waals surface area (Å²) in [6.07, 6.45) is 0. The minimum Gasteiger partial charge on any atom is -0.481 e. The molecule has 1 heterocycles. The molecular weight excluding hydrogens is 265 g/mol. The zero-order valence-electron chi connectivity index (χ0n) is 11.5. The fourth-order valence-corrected chi connectivity index (χ4v) is 1.51. The Bertz CT molecular complexity index is 567. The Kier molecular flexibility index (Phi) is 3.52. The van der Waals surface area contributed by atoms with Gasteiger partial charge >= 0.3 is 0 Å². The lowest BCUT2D eigenvalue weighted by Gasteiger charge is -2.21. The van der Waals surface area contributed by atoms with Crippen molar-refractivity contribution in [2.24, 2.45) is 5.41 Å². The number of carbonyl (C=O) groups is 2. The van der Waals surface area contributed by atoms with Crippen LogP contribution in [0.5, 0.6) is 5.75 Å². The molecule has 0 saturated carbocycles. The smallest absolute Gasteiger partial charge is 0.262 e. The molecule has 1 aromatic rings. The van der Waals surface area contributed by atoms with E-state index in [0.717, 1.165) is 6.07 Å². The third-order valence-electron chi connectivity index (χ3n) is 2.69. The van der Waals surface area contributed by atoms with Crippen molar-refractivity contribution >= 4 is 23.2 Å². The van der Waals surface area contributed by atoms with Crippen LogP contribution in [-0.4, -0.2) is 18.4 Å². The highest BCUT2D eigenvalue weighted by Crippen LogP contribution is 2.32. The third kappa shape index (κ3) is 2.98. The second-order valence-electron chi connectivity index (χ2n) is 5.49. The van der Waals surface area contributed by atoms with Crippen LogP contribution in [-0.2, 0) is 9.59 Å². The van der Waals surface area contributed by atoms with E-state index in [9.17, 15) is 14.0 Å². The zero-order valence-corrected chi connectivity index (χ0v) is 11.5. The summed E-state index contributed by atoms with van der Waals surface area (Å²) in [6.45, 7) is 5.07. The van der Waals surface area contributed by atoms with E-state index in [-0.39, 0.29) is 29.9 Å². The van der Waals surface area contributed by atoms with Gasteiger partial charge in [-0.25, -0.2) is 4.39 Å². The maximum Gasteiger partial charge on any atom is 0.262 e. The van der Waals surface area contributed by atoms with Crippen LogP contribution in [0.2, 0.25) is 0 Å². The fourth-order valence-electron chi connectivity index (χ4n) is 1.51. The van der Waals surface area contributed by atoms with Crippen LogP contribution in [0.4, 0.5) is 15.8 Å². The number of benzene rings is 1. The third-order valence-corrected chi connectivity index (χ3v) is 2.69. The minimum absolute atomic E-state index is 0.0483. The van der Waals surface area contributed by atoms with E-state index in [0.29, 0.717) is 5.69 Å². The maximum atomic E-state index is 13.8. The Morgan fingerprint density at radius 1 is 1.40 bits per heavy atom. The van der Waals surface area contributed by atoms with Gasteiger partial charge in [0, 0.05) is 11.5 Å². The van der Waals surface area contributed by atoms with Crippen LogP contribution < -0.4 is 20.9 Å². The number of fused-ring (bicyclic) bond motifs is 1. The molecular formula is C13H16FN3O3. The van der Waals surface area contributed by atoms with Crippen molar-refractivity contribution in [1.82, 2.24) is 5.43 Å². The molecule has 2 amide bonds. The Balaban J connectivity index is 2.15. The highest BCUT2D eigenvalue weighted by Gasteiger charge is 2.22. The number of rotatable bonds is 2. The Hall–Kier alpha value is -2.31. The molecule has 0 aromatic heterocycles. The highest BCUT2D eigenvalue weighted by molar-refractivity contribution is 5.96. The lowest BCUT2D eigenvalue weighted by molar-refractivity contribution is -0.128. The van der Waals surface area contributed by atoms with E-state index in [1.807, 2.05) is 0 Å². The number of anilines is 2. The van der Waals surface area contributed by atoms with Crippen molar-refractivity contribution in [3.8, 4) is 5.75 Å². The molecule has 0 spiro atoms. The normalized spacial score (nSPS) is 13.9. The van der Waals surface area contributed by atoms with E-state index in [2.05, 4.69) is 16.2 Å². The van der Waals surface area contributed by atoms with Gasteiger partial charge in [0.25, 0.3) is 5.91 Å². The first-order valence-corrected chi connectivity index (χ1v) is 6.10. The van der Waals surface area contributed by atoms with Crippen LogP contribution in [0.3, 0.4) is 0 Å². The molecule has 6 nitrogen and oxygen atoms in total. The van der Waals surface area contributed by atoms with Crippen LogP contribution in [0, 0.1) is 11.2 Å². The van der Waals surface area contributed by atoms with Crippen LogP contribution in [0.15, 0.2) is 12.1 Å². The van der Waals surface area contributed by atoms with Gasteiger partial charge in [-0.1, -0.05) is 20.8 Å². The fraction of sp³-hybridized carbons (Fsp3) is 0.385. The van der Waals surface area contributed by atoms with Crippen molar-refractivity contribution < 1.29 is 18.7 Å². The molecule has 0 unspecified atom stereocenters. The predicted octanol–water partition coefficient (Wildman–Crippen LogP) is 1.65. The summed E-state index contributed by atoms with van der Waals surface area (Å²) in [7, 11) is 0. The molecule has 20 heavy (non-hydrogen) atoms. The summed E-state index contributed by atoms with van der Waals surface area (Å²) in [6, 6.07) is 2.52. The first-order valence-electron chi connectivity index (χ1n) is 6.10. The molecule has 1 aromatic carbocycles. The van der Waals surface area contributed by atoms with Gasteiger partial charge < -0.3 is 10.1 Å². The number of halogens is 1. The van der Waals surface area contributed by atoms with Gasteiger partial charge in [0.2, 0.25) is 5.91 Å². The molecule has 108 valence electrons. The summed E-state index contributed by atoms with van der Waals surface area (Å²) in [5.74, 6) is -0.924. The van der Waals surface area contributed by atoms with Crippen molar-refractivity contribution in [3.63, 3.8) is 0 Å². The van der Waals surface area contributed by atoms with E-state index >= 15 is 0 Å². The van der Waals surface area contributed by atoms with Gasteiger partial charge in [0.1, 0.15) is 5.75 Å². The molecule has 1 aliphatic rings. The summed E-state index contributed by atoms with van der Waals surface area (Å²) in [4.78, 5) is 22.9. The number of ether oxygens (including phenoxy) is 1. The topological polar surface area (TPSA) is 79.5 Å². The average molecular weight is 281 g/mol. The number of carbonyl (C=O) groups excluding carboxylic acids is 2. The highest BCUT2D eigenvalue weighted by atomic mass is 19.1. The summed E-state index contributed by atoms with van der Waals surface area (Å²) in [5, 5.41) is 2.56. The molecule has 0 aliphatic carbocycles. The van der Waals surface area contributed by atoms with Gasteiger partial charge in [-0.05, 0) is 6.07 Å². The predicted molar refractivity (Wildman–Crippen MR) is 71.7 cm³/mol. The van der Waals surface area contributed by atoms with Gasteiger partial charge in [-0.2, -0.15) is 0 Å². The zero-order chi connectivity index (χ0) is 14.9. The number of hydrogen-bond donors (Lipinski definition) is 3. The molecule has 3 N–H and O–H groups in total. The summed E-state index contributed by atoms with van der Waals surface area (Å²) >= 11 is 0. The van der Waals surface area contributed by atoms with Gasteiger partial charge in [0.05, 0.1) is 11.4 Å². The molecule has 2 rings (SSSR count). The summed E-state index contributed by atoms with van der Waals surface area (Å²) in [5.41, 5.74) is 4.72. The SMILES string of the molecule is CC(C)(C)C(=O)NNc1cc2c(cc1F)OCC(=O)N2. The van der Waals surface area contributed by atoms with Crippen LogP contribution in [0.25, 0.3) is 0 Å². The first-order chi connectivity index (χ1) is 9.27. The van der Waals surface area contributed by atoms with E-state index < -0.39 is 11.2 Å². The summed E-state index contributed by atoms with van der Waals surface area (Å²) < 4.78 is 18.9. The maximum absolute atomic E-state index is 13.8. The molecule has 0 atom stereocenters. The second kappa shape index (κ2) is 4.99. The van der Waals surface area contributed by atoms with Crippen LogP contribution in [0.1, 0.15) is 20.8 Å². The van der Waals surface area contributed by atoms with Crippen molar-refractivity contribution in [1.29, 1.82) is 0 Å². The number of amides is 2. The van der Waals surface area contributed by atoms with Gasteiger partial charge in [0.15, 0.2) is 12.4 Å². The largest absolute Gasteiger partial charge is 0.481 e. The monoisotopic (exact) mass is 281 g/mol. The number of hydrogen-bond acceptors (Lipinski definition) is 4. The number of nitrogens with one attached hydrogen (secondary N) is 3. The van der Waals surface area contributed by atoms with E-state index in [4.69, 9.17) is 4.74 Å². The molecule has 0 bridgehead atoms. The molecule has 0 fully saturated rings. The average Bonchev–Trinajstić information content (AvgIpc) is 2.35. The lowest BCUT2D eigenvalue weighted by Crippen LogP contribution is -2.38. The molecule has 0 radical (unpaired) electrons. The lowest BCUT2D eigenvalue weighted by atomic mass is 9.96. The van der Waals surface area contributed by atoms with Crippen molar-refractivity contribution in [3.05, 3.63) is 17.9 Å². The standard InChI is InChI=1S/C13H16FN3O3/c1-13(2,3)12(19)17-16-8-5-9-10(4-7(8)14)20-6-11(18)15-9/h4-5,16H,6H2,1-3H3,(H,15,18)(H,17,19). The second-order valence-corrected chi connectivity index (χ2v) is 5.49. The van der Waals surface area contributed by atoms with Crippen molar-refractivity contribution in [2.45, 2.75) is 20.8 Å². The van der Waals surface area contributed by atoms with Crippen molar-refractivity contribution in [2.75, 3.05) is 17.3 Å². The molecule has 0 saturated heterocycles. The first kappa shape index (κ1) is 14.1. The Morgan fingerprint density at radius 3 is 2.75 bits per heavy atom. The number of hydrazine groups is 1. The van der Waals surface area contributed by atoms with Gasteiger partial charge in [-0.15, -0.1) is 0 Å². The molecule has 7 heteroatoms. The van der Waals surface area contributed by atoms with E-state index in [1.54, 1.807) is 20.8 Å².